The molecule has 148 valence electrons. The van der Waals surface area contributed by atoms with E-state index in [1.54, 1.807) is 35.0 Å². The highest BCUT2D eigenvalue weighted by Crippen LogP contribution is 2.19. The Morgan fingerprint density at radius 3 is 2.39 bits per heavy atom. The molecule has 0 aliphatic heterocycles. The second kappa shape index (κ2) is 9.00. The average molecular weight is 380 g/mol. The minimum absolute atomic E-state index is 0.0412. The minimum Gasteiger partial charge on any atom is -0.326 e. The van der Waals surface area contributed by atoms with Crippen molar-refractivity contribution in [1.29, 1.82) is 0 Å². The number of aryl methyl sites for hydroxylation is 1. The van der Waals surface area contributed by atoms with Crippen molar-refractivity contribution in [2.45, 2.75) is 58.9 Å². The Labute approximate surface area is 166 Å². The summed E-state index contributed by atoms with van der Waals surface area (Å²) < 4.78 is 1.63. The van der Waals surface area contributed by atoms with E-state index in [2.05, 4.69) is 5.32 Å². The first-order valence-electron chi connectivity index (χ1n) is 10.1. The van der Waals surface area contributed by atoms with Gasteiger partial charge in [-0.1, -0.05) is 33.1 Å². The third-order valence-corrected chi connectivity index (χ3v) is 5.12. The zero-order valence-corrected chi connectivity index (χ0v) is 16.9. The summed E-state index contributed by atoms with van der Waals surface area (Å²) in [6.07, 6.45) is 7.67. The van der Waals surface area contributed by atoms with Gasteiger partial charge in [-0.2, -0.15) is 0 Å². The van der Waals surface area contributed by atoms with Crippen LogP contribution in [-0.2, 0) is 4.79 Å². The van der Waals surface area contributed by atoms with Crippen LogP contribution in [0.2, 0.25) is 0 Å². The van der Waals surface area contributed by atoms with E-state index in [4.69, 9.17) is 4.99 Å². The van der Waals surface area contributed by atoms with E-state index in [9.17, 15) is 9.59 Å². The summed E-state index contributed by atoms with van der Waals surface area (Å²) in [6, 6.07) is 11.2. The van der Waals surface area contributed by atoms with Crippen molar-refractivity contribution in [1.82, 2.24) is 4.57 Å². The molecule has 1 amide bonds. The topological polar surface area (TPSA) is 63.5 Å². The highest BCUT2D eigenvalue weighted by Gasteiger charge is 2.14. The predicted octanol–water partition coefficient (Wildman–Crippen LogP) is 4.31. The Morgan fingerprint density at radius 1 is 1.07 bits per heavy atom. The second-order valence-electron chi connectivity index (χ2n) is 7.88. The van der Waals surface area contributed by atoms with Gasteiger partial charge in [-0.25, -0.2) is 0 Å². The predicted molar refractivity (Wildman–Crippen MR) is 111 cm³/mol. The number of pyridine rings is 1. The number of aromatic nitrogens is 1. The molecular formula is C23H29N3O2. The highest BCUT2D eigenvalue weighted by atomic mass is 16.2. The molecule has 0 unspecified atom stereocenters. The van der Waals surface area contributed by atoms with Crippen molar-refractivity contribution in [3.63, 3.8) is 0 Å². The number of hydrogen-bond donors (Lipinski definition) is 1. The van der Waals surface area contributed by atoms with Crippen molar-refractivity contribution in [3.8, 4) is 0 Å². The van der Waals surface area contributed by atoms with Crippen LogP contribution in [0.1, 0.15) is 61.9 Å². The maximum atomic E-state index is 13.1. The SMILES string of the molecule is Cc1ccn(C(=O)c2ccc(NC(=O)C(C)C)cc2)c(=NC2CCCCC2)c1. The molecule has 1 aromatic heterocycles. The van der Waals surface area contributed by atoms with Crippen LogP contribution in [0.4, 0.5) is 5.69 Å². The molecule has 1 saturated carbocycles. The monoisotopic (exact) mass is 379 g/mol. The Balaban J connectivity index is 1.86. The Hall–Kier alpha value is -2.69. The number of nitrogens with one attached hydrogen (secondary N) is 1. The number of rotatable bonds is 4. The lowest BCUT2D eigenvalue weighted by Gasteiger charge is -2.18. The smallest absolute Gasteiger partial charge is 0.263 e. The van der Waals surface area contributed by atoms with Crippen LogP contribution in [0.15, 0.2) is 47.6 Å². The summed E-state index contributed by atoms with van der Waals surface area (Å²) in [7, 11) is 0. The molecule has 1 aliphatic rings. The summed E-state index contributed by atoms with van der Waals surface area (Å²) in [5.41, 5.74) is 3.06. The maximum absolute atomic E-state index is 13.1. The molecule has 1 fully saturated rings. The molecule has 0 saturated heterocycles. The van der Waals surface area contributed by atoms with Crippen molar-refractivity contribution in [2.24, 2.45) is 10.9 Å². The van der Waals surface area contributed by atoms with Crippen molar-refractivity contribution in [3.05, 3.63) is 59.2 Å². The largest absolute Gasteiger partial charge is 0.326 e. The molecule has 5 heteroatoms. The van der Waals surface area contributed by atoms with Crippen molar-refractivity contribution < 1.29 is 9.59 Å². The first-order chi connectivity index (χ1) is 13.4. The Morgan fingerprint density at radius 2 is 1.75 bits per heavy atom. The fraction of sp³-hybridized carbons (Fsp3) is 0.435. The van der Waals surface area contributed by atoms with Crippen LogP contribution in [0.25, 0.3) is 0 Å². The van der Waals surface area contributed by atoms with E-state index in [-0.39, 0.29) is 17.7 Å². The normalized spacial score (nSPS) is 15.6. The van der Waals surface area contributed by atoms with E-state index in [0.717, 1.165) is 18.4 Å². The number of carbonyl (C=O) groups excluding carboxylic acids is 2. The highest BCUT2D eigenvalue weighted by molar-refractivity contribution is 5.97. The van der Waals surface area contributed by atoms with Crippen LogP contribution in [0.3, 0.4) is 0 Å². The number of carbonyl (C=O) groups is 2. The Bertz CT molecular complexity index is 904. The van der Waals surface area contributed by atoms with Crippen LogP contribution in [0, 0.1) is 12.8 Å². The standard InChI is InChI=1S/C23H29N3O2/c1-16(2)22(27)25-20-11-9-18(10-12-20)23(28)26-14-13-17(3)15-21(26)24-19-7-5-4-6-8-19/h9-16,19H,4-8H2,1-3H3,(H,25,27). The van der Waals surface area contributed by atoms with E-state index in [1.807, 2.05) is 32.9 Å². The molecule has 1 aliphatic carbocycles. The van der Waals surface area contributed by atoms with Gasteiger partial charge >= 0.3 is 0 Å². The Kier molecular flexibility index (Phi) is 6.45. The van der Waals surface area contributed by atoms with E-state index >= 15 is 0 Å². The zero-order chi connectivity index (χ0) is 20.1. The first-order valence-corrected chi connectivity index (χ1v) is 10.1. The average Bonchev–Trinajstić information content (AvgIpc) is 2.69. The molecular weight excluding hydrogens is 350 g/mol. The number of benzene rings is 1. The van der Waals surface area contributed by atoms with Crippen LogP contribution in [0.5, 0.6) is 0 Å². The molecule has 2 aromatic rings. The van der Waals surface area contributed by atoms with Gasteiger partial charge in [0.1, 0.15) is 5.49 Å². The third kappa shape index (κ3) is 4.97. The van der Waals surface area contributed by atoms with E-state index in [1.165, 1.54) is 19.3 Å². The summed E-state index contributed by atoms with van der Waals surface area (Å²) in [5, 5.41) is 2.84. The van der Waals surface area contributed by atoms with Gasteiger partial charge in [0.2, 0.25) is 5.91 Å². The molecule has 1 N–H and O–H groups in total. The molecule has 0 atom stereocenters. The van der Waals surface area contributed by atoms with Gasteiger partial charge < -0.3 is 5.32 Å². The molecule has 3 rings (SSSR count). The summed E-state index contributed by atoms with van der Waals surface area (Å²) in [6.45, 7) is 5.71. The van der Waals surface area contributed by atoms with Gasteiger partial charge in [-0.3, -0.25) is 19.1 Å². The molecule has 1 heterocycles. The number of anilines is 1. The van der Waals surface area contributed by atoms with Crippen LogP contribution < -0.4 is 10.8 Å². The van der Waals surface area contributed by atoms with Gasteiger partial charge in [-0.05, 0) is 61.7 Å². The van der Waals surface area contributed by atoms with Crippen molar-refractivity contribution >= 4 is 17.5 Å². The van der Waals surface area contributed by atoms with E-state index < -0.39 is 0 Å². The summed E-state index contributed by atoms with van der Waals surface area (Å²) >= 11 is 0. The molecule has 0 spiro atoms. The summed E-state index contributed by atoms with van der Waals surface area (Å²) in [5.74, 6) is -0.245. The van der Waals surface area contributed by atoms with Crippen molar-refractivity contribution in [2.75, 3.05) is 5.32 Å². The summed E-state index contributed by atoms with van der Waals surface area (Å²) in [4.78, 5) is 29.8. The number of hydrogen-bond acceptors (Lipinski definition) is 3. The molecule has 1 aromatic carbocycles. The van der Waals surface area contributed by atoms with Gasteiger partial charge in [0.15, 0.2) is 0 Å². The van der Waals surface area contributed by atoms with Gasteiger partial charge in [0.25, 0.3) is 5.91 Å². The molecule has 28 heavy (non-hydrogen) atoms. The van der Waals surface area contributed by atoms with E-state index in [0.29, 0.717) is 22.8 Å². The van der Waals surface area contributed by atoms with Crippen LogP contribution >= 0.6 is 0 Å². The molecule has 0 bridgehead atoms. The van der Waals surface area contributed by atoms with Gasteiger partial charge in [-0.15, -0.1) is 0 Å². The second-order valence-corrected chi connectivity index (χ2v) is 7.88. The molecule has 5 nitrogen and oxygen atoms in total. The lowest BCUT2D eigenvalue weighted by atomic mass is 9.96. The quantitative estimate of drug-likeness (QED) is 0.860. The lowest BCUT2D eigenvalue weighted by molar-refractivity contribution is -0.118. The fourth-order valence-electron chi connectivity index (χ4n) is 3.38. The maximum Gasteiger partial charge on any atom is 0.263 e. The fourth-order valence-corrected chi connectivity index (χ4v) is 3.38. The zero-order valence-electron chi connectivity index (χ0n) is 16.9. The number of nitrogens with zero attached hydrogens (tertiary/aromatic N) is 2. The lowest BCUT2D eigenvalue weighted by Crippen LogP contribution is -2.29. The van der Waals surface area contributed by atoms with Gasteiger partial charge in [0.05, 0.1) is 6.04 Å². The van der Waals surface area contributed by atoms with Crippen LogP contribution in [-0.4, -0.2) is 22.4 Å². The van der Waals surface area contributed by atoms with Gasteiger partial charge in [0, 0.05) is 23.4 Å². The third-order valence-electron chi connectivity index (χ3n) is 5.12. The first kappa shape index (κ1) is 20.1. The number of amides is 1. The minimum atomic E-state index is -0.115. The molecule has 0 radical (unpaired) electrons.